The first-order chi connectivity index (χ1) is 19.2. The van der Waals surface area contributed by atoms with Crippen molar-refractivity contribution in [2.75, 3.05) is 25.0 Å². The van der Waals surface area contributed by atoms with E-state index in [0.717, 1.165) is 42.6 Å². The fourth-order valence-corrected chi connectivity index (χ4v) is 8.89. The lowest BCUT2D eigenvalue weighted by atomic mass is 9.95. The number of halogens is 1. The molecule has 2 aliphatic rings. The topological polar surface area (TPSA) is 90.9 Å². The monoisotopic (exact) mass is 569 g/mol. The highest BCUT2D eigenvalue weighted by molar-refractivity contribution is 6.72. The summed E-state index contributed by atoms with van der Waals surface area (Å²) in [7, 11) is -3.13. The van der Waals surface area contributed by atoms with Crippen LogP contribution in [0, 0.1) is 5.92 Å². The highest BCUT2D eigenvalue weighted by atomic mass is 28.4. The number of hydrogen-bond acceptors (Lipinski definition) is 5. The second-order valence-corrected chi connectivity index (χ2v) is 15.6. The number of hydrogen-bond donors (Lipinski definition) is 3. The fourth-order valence-electron chi connectivity index (χ4n) is 6.35. The molecule has 5 atom stereocenters. The van der Waals surface area contributed by atoms with Crippen LogP contribution in [0.2, 0.25) is 18.6 Å². The van der Waals surface area contributed by atoms with Gasteiger partial charge in [-0.2, -0.15) is 0 Å². The quantitative estimate of drug-likeness (QED) is 0.255. The smallest absolute Gasteiger partial charge is 0.246 e. The Kier molecular flexibility index (Phi) is 10.5. The number of nitrogens with one attached hydrogen (secondary N) is 2. The summed E-state index contributed by atoms with van der Waals surface area (Å²) in [5.74, 6) is -0.143. The number of nitrogens with zero attached hydrogens (tertiary/aromatic N) is 1. The van der Waals surface area contributed by atoms with Gasteiger partial charge in [0.05, 0.1) is 31.3 Å². The van der Waals surface area contributed by atoms with E-state index in [4.69, 9.17) is 4.74 Å². The predicted octanol–water partition coefficient (Wildman–Crippen LogP) is 4.67. The van der Waals surface area contributed by atoms with E-state index in [2.05, 4.69) is 17.6 Å². The average molecular weight is 570 g/mol. The Morgan fingerprint density at radius 3 is 2.55 bits per heavy atom. The summed E-state index contributed by atoms with van der Waals surface area (Å²) in [6.45, 7) is 6.83. The van der Waals surface area contributed by atoms with Gasteiger partial charge in [0.1, 0.15) is 0 Å². The molecule has 3 N–H and O–H groups in total. The molecule has 0 saturated carbocycles. The third kappa shape index (κ3) is 8.00. The number of carbonyl (C=O) groups is 2. The molecule has 0 bridgehead atoms. The number of aliphatic hydroxyl groups excluding tert-OH is 1. The molecule has 2 amide bonds. The molecule has 9 heteroatoms. The van der Waals surface area contributed by atoms with Crippen LogP contribution in [0.3, 0.4) is 0 Å². The van der Waals surface area contributed by atoms with Crippen LogP contribution in [0.1, 0.15) is 43.7 Å². The maximum atomic E-state index is 15.6. The van der Waals surface area contributed by atoms with Gasteiger partial charge in [-0.3, -0.25) is 9.59 Å². The summed E-state index contributed by atoms with van der Waals surface area (Å²) >= 11 is 0. The fraction of sp³-hybridized carbons (Fsp3) is 0.548. The van der Waals surface area contributed by atoms with Crippen LogP contribution in [0.15, 0.2) is 54.6 Å². The molecule has 0 spiro atoms. The van der Waals surface area contributed by atoms with Crippen molar-refractivity contribution in [1.29, 1.82) is 0 Å². The minimum Gasteiger partial charge on any atom is -0.395 e. The van der Waals surface area contributed by atoms with E-state index in [1.807, 2.05) is 54.6 Å². The molecule has 4 rings (SSSR count). The highest BCUT2D eigenvalue weighted by Gasteiger charge is 2.51. The number of carbonyl (C=O) groups excluding carboxylic acids is 2. The zero-order valence-electron chi connectivity index (χ0n) is 23.9. The van der Waals surface area contributed by atoms with E-state index in [1.54, 1.807) is 18.0 Å². The normalized spacial score (nSPS) is 24.7. The number of aryl methyl sites for hydroxylation is 1. The predicted molar refractivity (Wildman–Crippen MR) is 158 cm³/mol. The van der Waals surface area contributed by atoms with Gasteiger partial charge in [0.15, 0.2) is 0 Å². The molecule has 2 heterocycles. The molecular formula is C31H44FN3O4Si. The lowest BCUT2D eigenvalue weighted by Crippen LogP contribution is -2.40. The molecule has 218 valence electrons. The van der Waals surface area contributed by atoms with E-state index in [-0.39, 0.29) is 55.0 Å². The zero-order chi connectivity index (χ0) is 28.7. The summed E-state index contributed by atoms with van der Waals surface area (Å²) in [5.41, 5.74) is 2.55. The van der Waals surface area contributed by atoms with Gasteiger partial charge < -0.3 is 29.5 Å². The van der Waals surface area contributed by atoms with Gasteiger partial charge in [0, 0.05) is 24.3 Å². The van der Waals surface area contributed by atoms with Crippen molar-refractivity contribution in [1.82, 2.24) is 10.2 Å². The lowest BCUT2D eigenvalue weighted by molar-refractivity contribution is -0.135. The van der Waals surface area contributed by atoms with Gasteiger partial charge in [-0.15, -0.1) is 0 Å². The van der Waals surface area contributed by atoms with Gasteiger partial charge >= 0.3 is 0 Å². The minimum atomic E-state index is -3.13. The molecule has 0 radical (unpaired) electrons. The van der Waals surface area contributed by atoms with Gasteiger partial charge in [0.2, 0.25) is 20.2 Å². The van der Waals surface area contributed by atoms with Crippen molar-refractivity contribution in [3.8, 4) is 0 Å². The van der Waals surface area contributed by atoms with Crippen molar-refractivity contribution < 1.29 is 23.5 Å². The number of anilines is 1. The molecule has 2 saturated heterocycles. The van der Waals surface area contributed by atoms with Crippen LogP contribution in [-0.4, -0.2) is 68.2 Å². The first-order valence-corrected chi connectivity index (χ1v) is 17.5. The summed E-state index contributed by atoms with van der Waals surface area (Å²) in [6.07, 6.45) is 2.76. The average Bonchev–Trinajstić information content (AvgIpc) is 3.56. The Bertz CT molecular complexity index is 1120. The summed E-state index contributed by atoms with van der Waals surface area (Å²) < 4.78 is 22.1. The second-order valence-electron chi connectivity index (χ2n) is 11.8. The summed E-state index contributed by atoms with van der Waals surface area (Å²) in [5, 5.41) is 15.8. The molecule has 2 aromatic carbocycles. The molecule has 7 nitrogen and oxygen atoms in total. The van der Waals surface area contributed by atoms with Gasteiger partial charge in [0.25, 0.3) is 0 Å². The van der Waals surface area contributed by atoms with Crippen molar-refractivity contribution in [2.24, 2.45) is 5.92 Å². The maximum absolute atomic E-state index is 15.6. The third-order valence-electron chi connectivity index (χ3n) is 8.30. The van der Waals surface area contributed by atoms with Crippen molar-refractivity contribution in [2.45, 2.75) is 82.5 Å². The van der Waals surface area contributed by atoms with Crippen LogP contribution in [0.4, 0.5) is 9.80 Å². The number of amides is 2. The number of benzene rings is 2. The van der Waals surface area contributed by atoms with E-state index in [9.17, 15) is 14.7 Å². The van der Waals surface area contributed by atoms with Crippen LogP contribution in [-0.2, 0) is 27.3 Å². The Hall–Kier alpha value is -2.59. The maximum Gasteiger partial charge on any atom is 0.246 e. The van der Waals surface area contributed by atoms with Crippen LogP contribution < -0.4 is 10.6 Å². The SMILES string of the molecule is C[C@H]1[C@H]([Si](C)(C)F)[C@@H](CC(=O)N(CCO)Cc2ccccc2)O[C@H]1CCc1cccc(NC(=O)[C@H]2CCCN2)c1. The molecule has 2 aliphatic heterocycles. The van der Waals surface area contributed by atoms with Gasteiger partial charge in [-0.05, 0) is 74.5 Å². The molecule has 0 aliphatic carbocycles. The standard InChI is InChI=1S/C31H44FN3O4Si/c1-22-27(15-14-23-11-7-12-25(19-23)34-31(38)26-13-8-16-33-26)39-28(30(22)40(2,3)32)20-29(37)35(17-18-36)21-24-9-5-4-6-10-24/h4-7,9-12,19,22,26-28,30,33,36H,8,13-18,20-21H2,1-3H3,(H,34,38)/t22-,26-,27+,28-,30+/m1/s1. The largest absolute Gasteiger partial charge is 0.395 e. The molecular weight excluding hydrogens is 525 g/mol. The van der Waals surface area contributed by atoms with Gasteiger partial charge in [-0.25, -0.2) is 0 Å². The van der Waals surface area contributed by atoms with E-state index in [1.165, 1.54) is 0 Å². The van der Waals surface area contributed by atoms with E-state index < -0.39 is 14.5 Å². The highest BCUT2D eigenvalue weighted by Crippen LogP contribution is 2.47. The summed E-state index contributed by atoms with van der Waals surface area (Å²) in [4.78, 5) is 27.5. The minimum absolute atomic E-state index is 0.00427. The Balaban J connectivity index is 1.39. The number of ether oxygens (including phenoxy) is 1. The number of aliphatic hydroxyl groups is 1. The van der Waals surface area contributed by atoms with Crippen molar-refractivity contribution >= 4 is 25.9 Å². The molecule has 40 heavy (non-hydrogen) atoms. The van der Waals surface area contributed by atoms with Crippen LogP contribution >= 0.6 is 0 Å². The van der Waals surface area contributed by atoms with Gasteiger partial charge in [-0.1, -0.05) is 49.4 Å². The lowest BCUT2D eigenvalue weighted by Gasteiger charge is -2.30. The second kappa shape index (κ2) is 13.8. The Morgan fingerprint density at radius 1 is 1.12 bits per heavy atom. The first kappa shape index (κ1) is 30.4. The zero-order valence-corrected chi connectivity index (χ0v) is 24.9. The summed E-state index contributed by atoms with van der Waals surface area (Å²) in [6, 6.07) is 17.4. The van der Waals surface area contributed by atoms with E-state index in [0.29, 0.717) is 13.0 Å². The Labute approximate surface area is 238 Å². The first-order valence-electron chi connectivity index (χ1n) is 14.6. The van der Waals surface area contributed by atoms with Crippen LogP contribution in [0.25, 0.3) is 0 Å². The molecule has 2 fully saturated rings. The van der Waals surface area contributed by atoms with Crippen LogP contribution in [0.5, 0.6) is 0 Å². The van der Waals surface area contributed by atoms with Crippen molar-refractivity contribution in [3.05, 3.63) is 65.7 Å². The molecule has 0 aromatic heterocycles. The number of rotatable bonds is 12. The molecule has 0 unspecified atom stereocenters. The van der Waals surface area contributed by atoms with E-state index >= 15 is 4.11 Å². The van der Waals surface area contributed by atoms with Crippen molar-refractivity contribution in [3.63, 3.8) is 0 Å². The third-order valence-corrected chi connectivity index (χ3v) is 10.8. The Morgan fingerprint density at radius 2 is 1.88 bits per heavy atom. The molecule has 2 aromatic rings.